The molecule has 57 valence electrons. The summed E-state index contributed by atoms with van der Waals surface area (Å²) < 4.78 is 0. The molecule has 2 aliphatic carbocycles. The molecular formula is C10H17. The monoisotopic (exact) mass is 137 g/mol. The summed E-state index contributed by atoms with van der Waals surface area (Å²) in [5.74, 6) is 0. The van der Waals surface area contributed by atoms with E-state index < -0.39 is 0 Å². The zero-order valence-corrected chi connectivity index (χ0v) is 7.11. The van der Waals surface area contributed by atoms with Gasteiger partial charge >= 0.3 is 0 Å². The van der Waals surface area contributed by atoms with Gasteiger partial charge < -0.3 is 0 Å². The molecule has 2 atom stereocenters. The molecule has 0 saturated heterocycles. The predicted molar refractivity (Wildman–Crippen MR) is 43.6 cm³/mol. The summed E-state index contributed by atoms with van der Waals surface area (Å²) in [6.45, 7) is 4.86. The standard InChI is InChI=1S/C10H17/c1-9-4-3-5-10(2,8-9)7-6-9/h8H,3-7H2,1-2H3. The summed E-state index contributed by atoms with van der Waals surface area (Å²) in [4.78, 5) is 0. The fourth-order valence-electron chi connectivity index (χ4n) is 2.85. The van der Waals surface area contributed by atoms with E-state index in [9.17, 15) is 0 Å². The molecule has 0 heterocycles. The zero-order chi connectivity index (χ0) is 7.24. The van der Waals surface area contributed by atoms with E-state index in [1.807, 2.05) is 0 Å². The van der Waals surface area contributed by atoms with Crippen molar-refractivity contribution in [2.45, 2.75) is 46.0 Å². The van der Waals surface area contributed by atoms with Crippen LogP contribution in [0.25, 0.3) is 0 Å². The molecule has 0 aliphatic heterocycles. The van der Waals surface area contributed by atoms with Crippen molar-refractivity contribution in [3.8, 4) is 0 Å². The molecule has 0 nitrogen and oxygen atoms in total. The summed E-state index contributed by atoms with van der Waals surface area (Å²) in [7, 11) is 0. The van der Waals surface area contributed by atoms with Crippen molar-refractivity contribution in [1.82, 2.24) is 0 Å². The van der Waals surface area contributed by atoms with Gasteiger partial charge in [-0.25, -0.2) is 0 Å². The molecule has 0 aromatic rings. The van der Waals surface area contributed by atoms with Gasteiger partial charge in [-0.05, 0) is 42.9 Å². The molecule has 0 aromatic carbocycles. The Kier molecular flexibility index (Phi) is 1.19. The second-order valence-corrected chi connectivity index (χ2v) is 4.81. The Morgan fingerprint density at radius 3 is 1.80 bits per heavy atom. The number of hydrogen-bond donors (Lipinski definition) is 0. The maximum absolute atomic E-state index is 2.63. The number of fused-ring (bicyclic) bond motifs is 2. The summed E-state index contributed by atoms with van der Waals surface area (Å²) >= 11 is 0. The lowest BCUT2D eigenvalue weighted by molar-refractivity contribution is 0.265. The molecule has 2 aliphatic rings. The van der Waals surface area contributed by atoms with E-state index in [0.717, 1.165) is 0 Å². The van der Waals surface area contributed by atoms with Crippen LogP contribution in [0, 0.1) is 17.3 Å². The fourth-order valence-corrected chi connectivity index (χ4v) is 2.85. The third-order valence-electron chi connectivity index (χ3n) is 3.46. The molecule has 0 amide bonds. The van der Waals surface area contributed by atoms with Gasteiger partial charge in [0, 0.05) is 0 Å². The number of rotatable bonds is 0. The Hall–Kier alpha value is 0. The first-order valence-corrected chi connectivity index (χ1v) is 4.49. The molecule has 0 spiro atoms. The van der Waals surface area contributed by atoms with Crippen molar-refractivity contribution in [1.29, 1.82) is 0 Å². The highest BCUT2D eigenvalue weighted by molar-refractivity contribution is 5.09. The van der Waals surface area contributed by atoms with E-state index >= 15 is 0 Å². The Labute approximate surface area is 64.0 Å². The largest absolute Gasteiger partial charge is 0.0593 e. The quantitative estimate of drug-likeness (QED) is 0.481. The van der Waals surface area contributed by atoms with Gasteiger partial charge in [0.05, 0.1) is 0 Å². The topological polar surface area (TPSA) is 0 Å². The van der Waals surface area contributed by atoms with E-state index in [2.05, 4.69) is 20.3 Å². The van der Waals surface area contributed by atoms with Crippen LogP contribution in [0.3, 0.4) is 0 Å². The molecule has 0 N–H and O–H groups in total. The van der Waals surface area contributed by atoms with Crippen LogP contribution in [-0.2, 0) is 0 Å². The maximum atomic E-state index is 2.63. The van der Waals surface area contributed by atoms with Gasteiger partial charge in [0.1, 0.15) is 0 Å². The van der Waals surface area contributed by atoms with E-state index in [1.54, 1.807) is 0 Å². The van der Waals surface area contributed by atoms with E-state index in [0.29, 0.717) is 10.8 Å². The van der Waals surface area contributed by atoms with Crippen molar-refractivity contribution in [3.63, 3.8) is 0 Å². The first-order chi connectivity index (χ1) is 4.62. The van der Waals surface area contributed by atoms with Gasteiger partial charge in [0.15, 0.2) is 0 Å². The lowest BCUT2D eigenvalue weighted by Gasteiger charge is -2.34. The van der Waals surface area contributed by atoms with E-state index in [-0.39, 0.29) is 0 Å². The summed E-state index contributed by atoms with van der Waals surface area (Å²) in [6, 6.07) is 0. The van der Waals surface area contributed by atoms with Gasteiger partial charge in [0.25, 0.3) is 0 Å². The predicted octanol–water partition coefficient (Wildman–Crippen LogP) is 3.18. The smallest absolute Gasteiger partial charge is 0.0267 e. The molecule has 10 heavy (non-hydrogen) atoms. The normalized spacial score (nSPS) is 53.4. The second-order valence-electron chi connectivity index (χ2n) is 4.81. The van der Waals surface area contributed by atoms with Crippen LogP contribution in [-0.4, -0.2) is 0 Å². The third kappa shape index (κ3) is 0.889. The van der Waals surface area contributed by atoms with Crippen molar-refractivity contribution in [2.24, 2.45) is 10.8 Å². The highest BCUT2D eigenvalue weighted by Crippen LogP contribution is 2.56. The average Bonchev–Trinajstić information content (AvgIpc) is 2.03. The Morgan fingerprint density at radius 1 is 0.900 bits per heavy atom. The Morgan fingerprint density at radius 2 is 1.40 bits per heavy atom. The fraction of sp³-hybridized carbons (Fsp3) is 0.900. The van der Waals surface area contributed by atoms with Crippen LogP contribution in [0.2, 0.25) is 0 Å². The van der Waals surface area contributed by atoms with Gasteiger partial charge in [0.2, 0.25) is 0 Å². The lowest BCUT2D eigenvalue weighted by atomic mass is 9.71. The van der Waals surface area contributed by atoms with Crippen LogP contribution in [0.4, 0.5) is 0 Å². The summed E-state index contributed by atoms with van der Waals surface area (Å²) in [5, 5.41) is 0. The Balaban J connectivity index is 2.20. The van der Waals surface area contributed by atoms with Gasteiger partial charge in [-0.15, -0.1) is 0 Å². The molecular weight excluding hydrogens is 120 g/mol. The van der Waals surface area contributed by atoms with Gasteiger partial charge in [-0.3, -0.25) is 0 Å². The van der Waals surface area contributed by atoms with Crippen LogP contribution in [0.1, 0.15) is 46.0 Å². The molecule has 0 heteroatoms. The van der Waals surface area contributed by atoms with Crippen molar-refractivity contribution in [3.05, 3.63) is 6.42 Å². The minimum Gasteiger partial charge on any atom is -0.0593 e. The molecule has 2 saturated carbocycles. The maximum Gasteiger partial charge on any atom is -0.0267 e. The highest BCUT2D eigenvalue weighted by atomic mass is 14.5. The van der Waals surface area contributed by atoms with Crippen LogP contribution in [0.5, 0.6) is 0 Å². The van der Waals surface area contributed by atoms with Crippen LogP contribution >= 0.6 is 0 Å². The van der Waals surface area contributed by atoms with Crippen molar-refractivity contribution in [2.75, 3.05) is 0 Å². The van der Waals surface area contributed by atoms with Gasteiger partial charge in [-0.2, -0.15) is 0 Å². The molecule has 2 rings (SSSR count). The minimum atomic E-state index is 0.632. The summed E-state index contributed by atoms with van der Waals surface area (Å²) in [6.07, 6.45) is 9.88. The summed E-state index contributed by atoms with van der Waals surface area (Å²) in [5.41, 5.74) is 1.26. The average molecular weight is 137 g/mol. The van der Waals surface area contributed by atoms with Crippen molar-refractivity contribution < 1.29 is 0 Å². The zero-order valence-electron chi connectivity index (χ0n) is 7.11. The lowest BCUT2D eigenvalue weighted by Crippen LogP contribution is -2.23. The SMILES string of the molecule is CC12[CH]C(C)(CCC1)CC2. The highest BCUT2D eigenvalue weighted by Gasteiger charge is 2.45. The van der Waals surface area contributed by atoms with E-state index in [1.165, 1.54) is 32.1 Å². The van der Waals surface area contributed by atoms with Gasteiger partial charge in [-0.1, -0.05) is 20.3 Å². The molecule has 2 fully saturated rings. The van der Waals surface area contributed by atoms with Crippen LogP contribution < -0.4 is 0 Å². The first-order valence-electron chi connectivity index (χ1n) is 4.49. The van der Waals surface area contributed by atoms with E-state index in [4.69, 9.17) is 0 Å². The Bertz CT molecular complexity index is 134. The first kappa shape index (κ1) is 6.69. The number of hydrogen-bond acceptors (Lipinski definition) is 0. The van der Waals surface area contributed by atoms with Crippen molar-refractivity contribution >= 4 is 0 Å². The second kappa shape index (κ2) is 1.78. The minimum absolute atomic E-state index is 0.632. The third-order valence-corrected chi connectivity index (χ3v) is 3.46. The molecule has 1 radical (unpaired) electrons. The molecule has 2 unspecified atom stereocenters. The molecule has 2 bridgehead atoms. The molecule has 0 aromatic heterocycles. The van der Waals surface area contributed by atoms with Crippen LogP contribution in [0.15, 0.2) is 0 Å².